The SMILES string of the molecule is COc1ccc(CN2C(=O)N=C3C=C(C(=O)N4CCN(C(=O)c5ccco5)CC4)C=CC3C2=O)cc1. The van der Waals surface area contributed by atoms with Crippen LogP contribution in [0.5, 0.6) is 5.75 Å². The molecular formula is C26H24N4O6. The predicted molar refractivity (Wildman–Crippen MR) is 128 cm³/mol. The second-order valence-electron chi connectivity index (χ2n) is 8.59. The maximum Gasteiger partial charge on any atom is 0.350 e. The highest BCUT2D eigenvalue weighted by Crippen LogP contribution is 2.25. The maximum absolute atomic E-state index is 13.1. The van der Waals surface area contributed by atoms with Crippen LogP contribution in [-0.2, 0) is 16.1 Å². The van der Waals surface area contributed by atoms with Crippen LogP contribution >= 0.6 is 0 Å². The van der Waals surface area contributed by atoms with E-state index >= 15 is 0 Å². The summed E-state index contributed by atoms with van der Waals surface area (Å²) in [5.41, 5.74) is 1.38. The minimum Gasteiger partial charge on any atom is -0.497 e. The zero-order valence-electron chi connectivity index (χ0n) is 19.6. The summed E-state index contributed by atoms with van der Waals surface area (Å²) in [5, 5.41) is 0. The van der Waals surface area contributed by atoms with Gasteiger partial charge in [0.15, 0.2) is 5.76 Å². The fourth-order valence-electron chi connectivity index (χ4n) is 4.38. The van der Waals surface area contributed by atoms with Gasteiger partial charge < -0.3 is 19.0 Å². The number of urea groups is 1. The van der Waals surface area contributed by atoms with E-state index < -0.39 is 11.9 Å². The van der Waals surface area contributed by atoms with Gasteiger partial charge in [-0.15, -0.1) is 0 Å². The third-order valence-corrected chi connectivity index (χ3v) is 6.41. The molecule has 2 aliphatic heterocycles. The molecule has 36 heavy (non-hydrogen) atoms. The Balaban J connectivity index is 1.24. The number of allylic oxidation sites excluding steroid dienone is 1. The van der Waals surface area contributed by atoms with E-state index in [1.54, 1.807) is 65.5 Å². The number of nitrogens with zero attached hydrogens (tertiary/aromatic N) is 4. The Morgan fingerprint density at radius 3 is 2.36 bits per heavy atom. The standard InChI is InChI=1S/C26H24N4O6/c1-35-19-7-4-17(5-8-19)16-30-24(32)20-9-6-18(15-21(20)27-26(30)34)23(31)28-10-12-29(13-11-28)25(33)22-3-2-14-36-22/h2-9,14-15,20H,10-13,16H2,1H3. The molecule has 2 aromatic rings. The topological polar surface area (TPSA) is 113 Å². The molecule has 1 aliphatic carbocycles. The number of amides is 5. The average molecular weight is 489 g/mol. The van der Waals surface area contributed by atoms with Crippen molar-refractivity contribution in [1.29, 1.82) is 0 Å². The van der Waals surface area contributed by atoms with Gasteiger partial charge in [0.05, 0.1) is 31.5 Å². The normalized spacial score (nSPS) is 19.6. The Kier molecular flexibility index (Phi) is 6.24. The molecule has 3 heterocycles. The number of methoxy groups -OCH3 is 1. The van der Waals surface area contributed by atoms with Gasteiger partial charge in [-0.25, -0.2) is 4.79 Å². The first kappa shape index (κ1) is 23.3. The Morgan fingerprint density at radius 1 is 1.03 bits per heavy atom. The summed E-state index contributed by atoms with van der Waals surface area (Å²) in [7, 11) is 1.56. The molecule has 10 heteroatoms. The van der Waals surface area contributed by atoms with E-state index in [0.717, 1.165) is 10.5 Å². The highest BCUT2D eigenvalue weighted by atomic mass is 16.5. The van der Waals surface area contributed by atoms with Crippen LogP contribution in [0.1, 0.15) is 16.1 Å². The molecule has 10 nitrogen and oxygen atoms in total. The number of furan rings is 1. The van der Waals surface area contributed by atoms with E-state index in [1.807, 2.05) is 0 Å². The van der Waals surface area contributed by atoms with Crippen molar-refractivity contribution in [3.05, 3.63) is 77.8 Å². The lowest BCUT2D eigenvalue weighted by Gasteiger charge is -2.35. The van der Waals surface area contributed by atoms with Crippen LogP contribution in [0.2, 0.25) is 0 Å². The third-order valence-electron chi connectivity index (χ3n) is 6.41. The summed E-state index contributed by atoms with van der Waals surface area (Å²) in [6.45, 7) is 1.57. The molecular weight excluding hydrogens is 464 g/mol. The van der Waals surface area contributed by atoms with Crippen molar-refractivity contribution in [3.63, 3.8) is 0 Å². The van der Waals surface area contributed by atoms with Crippen LogP contribution in [0.3, 0.4) is 0 Å². The number of benzene rings is 1. The van der Waals surface area contributed by atoms with Crippen LogP contribution in [-0.4, -0.2) is 77.5 Å². The van der Waals surface area contributed by atoms with Crippen molar-refractivity contribution in [3.8, 4) is 5.75 Å². The highest BCUT2D eigenvalue weighted by Gasteiger charge is 2.37. The second kappa shape index (κ2) is 9.65. The number of rotatable bonds is 5. The average Bonchev–Trinajstić information content (AvgIpc) is 3.45. The summed E-state index contributed by atoms with van der Waals surface area (Å²) < 4.78 is 10.3. The molecule has 1 unspecified atom stereocenters. The summed E-state index contributed by atoms with van der Waals surface area (Å²) in [6.07, 6.45) is 6.17. The molecule has 5 rings (SSSR count). The molecule has 0 saturated carbocycles. The Labute approximate surface area is 207 Å². The van der Waals surface area contributed by atoms with Crippen LogP contribution in [0, 0.1) is 5.92 Å². The molecule has 0 radical (unpaired) electrons. The summed E-state index contributed by atoms with van der Waals surface area (Å²) >= 11 is 0. The van der Waals surface area contributed by atoms with Gasteiger partial charge in [-0.05, 0) is 35.9 Å². The van der Waals surface area contributed by atoms with Crippen molar-refractivity contribution in [1.82, 2.24) is 14.7 Å². The number of aliphatic imine (C=N–C) groups is 1. The van der Waals surface area contributed by atoms with Gasteiger partial charge in [0.25, 0.3) is 11.8 Å². The highest BCUT2D eigenvalue weighted by molar-refractivity contribution is 6.23. The van der Waals surface area contributed by atoms with E-state index in [9.17, 15) is 19.2 Å². The molecule has 5 amide bonds. The first-order valence-electron chi connectivity index (χ1n) is 11.5. The van der Waals surface area contributed by atoms with Gasteiger partial charge >= 0.3 is 6.03 Å². The molecule has 1 aromatic heterocycles. The number of fused-ring (bicyclic) bond motifs is 1. The lowest BCUT2D eigenvalue weighted by molar-refractivity contribution is -0.130. The minimum absolute atomic E-state index is 0.0965. The Morgan fingerprint density at radius 2 is 1.72 bits per heavy atom. The van der Waals surface area contributed by atoms with Gasteiger partial charge in [-0.2, -0.15) is 4.99 Å². The van der Waals surface area contributed by atoms with Crippen molar-refractivity contribution in [2.45, 2.75) is 6.54 Å². The molecule has 0 bridgehead atoms. The van der Waals surface area contributed by atoms with Crippen molar-refractivity contribution >= 4 is 29.5 Å². The lowest BCUT2D eigenvalue weighted by Crippen LogP contribution is -2.51. The maximum atomic E-state index is 13.1. The van der Waals surface area contributed by atoms with Crippen LogP contribution in [0.25, 0.3) is 0 Å². The summed E-state index contributed by atoms with van der Waals surface area (Å²) in [5.74, 6) is -0.606. The zero-order chi connectivity index (χ0) is 25.2. The van der Waals surface area contributed by atoms with Gasteiger partial charge in [0.2, 0.25) is 5.91 Å². The van der Waals surface area contributed by atoms with Crippen LogP contribution in [0.4, 0.5) is 4.79 Å². The number of piperazine rings is 1. The molecule has 1 fully saturated rings. The number of ether oxygens (including phenoxy) is 1. The van der Waals surface area contributed by atoms with Gasteiger partial charge in [0.1, 0.15) is 5.75 Å². The van der Waals surface area contributed by atoms with Crippen molar-refractivity contribution in [2.24, 2.45) is 10.9 Å². The van der Waals surface area contributed by atoms with Crippen molar-refractivity contribution < 1.29 is 28.3 Å². The first-order chi connectivity index (χ1) is 17.4. The van der Waals surface area contributed by atoms with E-state index in [2.05, 4.69) is 4.99 Å². The van der Waals surface area contributed by atoms with Gasteiger partial charge in [-0.1, -0.05) is 24.3 Å². The van der Waals surface area contributed by atoms with E-state index in [1.165, 1.54) is 12.3 Å². The monoisotopic (exact) mass is 488 g/mol. The molecule has 0 N–H and O–H groups in total. The smallest absolute Gasteiger partial charge is 0.350 e. The van der Waals surface area contributed by atoms with E-state index in [0.29, 0.717) is 37.5 Å². The second-order valence-corrected chi connectivity index (χ2v) is 8.59. The Hall–Kier alpha value is -4.47. The summed E-state index contributed by atoms with van der Waals surface area (Å²) in [6, 6.07) is 9.70. The van der Waals surface area contributed by atoms with Gasteiger partial charge in [-0.3, -0.25) is 19.3 Å². The van der Waals surface area contributed by atoms with Crippen molar-refractivity contribution in [2.75, 3.05) is 33.3 Å². The quantitative estimate of drug-likeness (QED) is 0.638. The molecule has 3 aliphatic rings. The third kappa shape index (κ3) is 4.45. The molecule has 1 aromatic carbocycles. The molecule has 184 valence electrons. The Bertz CT molecular complexity index is 1280. The number of carbonyl (C=O) groups is 4. The fraction of sp³-hybridized carbons (Fsp3) is 0.269. The van der Waals surface area contributed by atoms with E-state index in [-0.39, 0.29) is 35.7 Å². The van der Waals surface area contributed by atoms with Crippen LogP contribution < -0.4 is 4.74 Å². The van der Waals surface area contributed by atoms with E-state index in [4.69, 9.17) is 9.15 Å². The van der Waals surface area contributed by atoms with Crippen LogP contribution in [0.15, 0.2) is 75.9 Å². The number of hydrogen-bond donors (Lipinski definition) is 0. The molecule has 1 atom stereocenters. The largest absolute Gasteiger partial charge is 0.497 e. The zero-order valence-corrected chi connectivity index (χ0v) is 19.6. The fourth-order valence-corrected chi connectivity index (χ4v) is 4.38. The lowest BCUT2D eigenvalue weighted by atomic mass is 9.91. The summed E-state index contributed by atoms with van der Waals surface area (Å²) in [4.78, 5) is 59.8. The minimum atomic E-state index is -0.722. The number of imide groups is 1. The first-order valence-corrected chi connectivity index (χ1v) is 11.5. The van der Waals surface area contributed by atoms with Gasteiger partial charge in [0, 0.05) is 31.8 Å². The number of hydrogen-bond acceptors (Lipinski definition) is 6. The molecule has 0 spiro atoms. The molecule has 1 saturated heterocycles. The predicted octanol–water partition coefficient (Wildman–Crippen LogP) is 2.29. The number of carbonyl (C=O) groups excluding carboxylic acids is 4.